The van der Waals surface area contributed by atoms with E-state index >= 15 is 0 Å². The number of rotatable bonds is 2. The molecule has 2 atom stereocenters. The highest BCUT2D eigenvalue weighted by Gasteiger charge is 2.23. The largest absolute Gasteiger partial charge is 0.465 e. The van der Waals surface area contributed by atoms with Crippen LogP contribution in [0.1, 0.15) is 24.2 Å². The quantitative estimate of drug-likeness (QED) is 0.783. The van der Waals surface area contributed by atoms with Gasteiger partial charge in [0.15, 0.2) is 0 Å². The Morgan fingerprint density at radius 3 is 2.53 bits per heavy atom. The standard InChI is InChI=1S/C14H18BrNO3/c1-9-7-16(8-10(2)19-9)11-4-5-12(13(15)6-11)14(17)18-3/h4-6,9-10H,7-8H2,1-3H3/t9-,10+. The maximum Gasteiger partial charge on any atom is 0.339 e. The van der Waals surface area contributed by atoms with Crippen molar-refractivity contribution in [3.05, 3.63) is 28.2 Å². The lowest BCUT2D eigenvalue weighted by Gasteiger charge is -2.37. The lowest BCUT2D eigenvalue weighted by molar-refractivity contribution is -0.00522. The molecule has 0 radical (unpaired) electrons. The van der Waals surface area contributed by atoms with E-state index < -0.39 is 0 Å². The Kier molecular flexibility index (Phi) is 4.47. The molecule has 0 aliphatic carbocycles. The zero-order valence-electron chi connectivity index (χ0n) is 11.4. The molecule has 0 amide bonds. The Hall–Kier alpha value is -1.07. The predicted octanol–water partition coefficient (Wildman–Crippen LogP) is 2.85. The van der Waals surface area contributed by atoms with Crippen LogP contribution in [0.3, 0.4) is 0 Å². The van der Waals surface area contributed by atoms with Crippen molar-refractivity contribution in [3.63, 3.8) is 0 Å². The minimum Gasteiger partial charge on any atom is -0.465 e. The van der Waals surface area contributed by atoms with Gasteiger partial charge in [-0.1, -0.05) is 0 Å². The first-order valence-corrected chi connectivity index (χ1v) is 7.09. The van der Waals surface area contributed by atoms with E-state index in [-0.39, 0.29) is 18.2 Å². The molecule has 1 fully saturated rings. The third kappa shape index (κ3) is 3.28. The zero-order chi connectivity index (χ0) is 14.0. The van der Waals surface area contributed by atoms with E-state index in [9.17, 15) is 4.79 Å². The molecule has 4 nitrogen and oxygen atoms in total. The second-order valence-corrected chi connectivity index (χ2v) is 5.67. The summed E-state index contributed by atoms with van der Waals surface area (Å²) in [5, 5.41) is 0. The number of hydrogen-bond donors (Lipinski definition) is 0. The van der Waals surface area contributed by atoms with Gasteiger partial charge >= 0.3 is 5.97 Å². The summed E-state index contributed by atoms with van der Waals surface area (Å²) >= 11 is 3.43. The first-order valence-electron chi connectivity index (χ1n) is 6.29. The molecule has 0 N–H and O–H groups in total. The maximum atomic E-state index is 11.5. The second-order valence-electron chi connectivity index (χ2n) is 4.82. The number of methoxy groups -OCH3 is 1. The van der Waals surface area contributed by atoms with Gasteiger partial charge in [0.25, 0.3) is 0 Å². The molecule has 2 rings (SSSR count). The maximum absolute atomic E-state index is 11.5. The summed E-state index contributed by atoms with van der Waals surface area (Å²) in [6.45, 7) is 5.85. The fraction of sp³-hybridized carbons (Fsp3) is 0.500. The van der Waals surface area contributed by atoms with Crippen molar-refractivity contribution in [2.75, 3.05) is 25.1 Å². The number of morpholine rings is 1. The number of nitrogens with zero attached hydrogens (tertiary/aromatic N) is 1. The molecule has 1 heterocycles. The Balaban J connectivity index is 2.22. The van der Waals surface area contributed by atoms with Gasteiger partial charge in [0.1, 0.15) is 0 Å². The monoisotopic (exact) mass is 327 g/mol. The first-order chi connectivity index (χ1) is 9.01. The van der Waals surface area contributed by atoms with Gasteiger partial charge in [0, 0.05) is 23.2 Å². The molecular formula is C14H18BrNO3. The van der Waals surface area contributed by atoms with Gasteiger partial charge < -0.3 is 14.4 Å². The smallest absolute Gasteiger partial charge is 0.339 e. The molecule has 19 heavy (non-hydrogen) atoms. The molecule has 0 bridgehead atoms. The van der Waals surface area contributed by atoms with Crippen LogP contribution < -0.4 is 4.90 Å². The third-order valence-electron chi connectivity index (χ3n) is 3.14. The molecule has 0 unspecified atom stereocenters. The summed E-state index contributed by atoms with van der Waals surface area (Å²) in [6.07, 6.45) is 0.422. The SMILES string of the molecule is COC(=O)c1ccc(N2C[C@@H](C)O[C@@H](C)C2)cc1Br. The van der Waals surface area contributed by atoms with Crippen molar-refractivity contribution in [2.24, 2.45) is 0 Å². The topological polar surface area (TPSA) is 38.8 Å². The molecule has 1 saturated heterocycles. The molecular weight excluding hydrogens is 310 g/mol. The molecule has 0 saturated carbocycles. The summed E-state index contributed by atoms with van der Waals surface area (Å²) in [7, 11) is 1.38. The number of halogens is 1. The fourth-order valence-electron chi connectivity index (χ4n) is 2.36. The van der Waals surface area contributed by atoms with Gasteiger partial charge in [-0.2, -0.15) is 0 Å². The van der Waals surface area contributed by atoms with E-state index in [1.807, 2.05) is 12.1 Å². The van der Waals surface area contributed by atoms with Crippen LogP contribution in [0.15, 0.2) is 22.7 Å². The van der Waals surface area contributed by atoms with E-state index in [0.29, 0.717) is 5.56 Å². The van der Waals surface area contributed by atoms with Crippen molar-refractivity contribution in [2.45, 2.75) is 26.1 Å². The van der Waals surface area contributed by atoms with Gasteiger partial charge in [-0.05, 0) is 48.0 Å². The highest BCUT2D eigenvalue weighted by molar-refractivity contribution is 9.10. The zero-order valence-corrected chi connectivity index (χ0v) is 12.9. The van der Waals surface area contributed by atoms with Crippen LogP contribution in [0.5, 0.6) is 0 Å². The summed E-state index contributed by atoms with van der Waals surface area (Å²) in [5.41, 5.74) is 1.63. The Bertz CT molecular complexity index is 468. The fourth-order valence-corrected chi connectivity index (χ4v) is 2.89. The van der Waals surface area contributed by atoms with Crippen molar-refractivity contribution in [3.8, 4) is 0 Å². The molecule has 5 heteroatoms. The van der Waals surface area contributed by atoms with E-state index in [0.717, 1.165) is 23.2 Å². The lowest BCUT2D eigenvalue weighted by Crippen LogP contribution is -2.45. The average Bonchev–Trinajstić information content (AvgIpc) is 2.36. The minimum absolute atomic E-state index is 0.211. The summed E-state index contributed by atoms with van der Waals surface area (Å²) < 4.78 is 11.2. The molecule has 1 aliphatic heterocycles. The number of benzene rings is 1. The molecule has 1 aromatic rings. The van der Waals surface area contributed by atoms with Crippen LogP contribution in [0, 0.1) is 0 Å². The van der Waals surface area contributed by atoms with E-state index in [1.165, 1.54) is 7.11 Å². The highest BCUT2D eigenvalue weighted by Crippen LogP contribution is 2.27. The van der Waals surface area contributed by atoms with E-state index in [4.69, 9.17) is 9.47 Å². The van der Waals surface area contributed by atoms with Crippen molar-refractivity contribution < 1.29 is 14.3 Å². The summed E-state index contributed by atoms with van der Waals surface area (Å²) in [5.74, 6) is -0.331. The van der Waals surface area contributed by atoms with Crippen LogP contribution in [0.2, 0.25) is 0 Å². The normalized spacial score (nSPS) is 23.3. The lowest BCUT2D eigenvalue weighted by atomic mass is 10.1. The first kappa shape index (κ1) is 14.3. The van der Waals surface area contributed by atoms with Crippen molar-refractivity contribution in [1.29, 1.82) is 0 Å². The summed E-state index contributed by atoms with van der Waals surface area (Å²) in [4.78, 5) is 13.8. The van der Waals surface area contributed by atoms with Crippen LogP contribution in [-0.2, 0) is 9.47 Å². The molecule has 1 aliphatic rings. The van der Waals surface area contributed by atoms with E-state index in [2.05, 4.69) is 34.7 Å². The van der Waals surface area contributed by atoms with Gasteiger partial charge in [-0.15, -0.1) is 0 Å². The Labute approximate surface area is 121 Å². The van der Waals surface area contributed by atoms with Crippen molar-refractivity contribution in [1.82, 2.24) is 0 Å². The minimum atomic E-state index is -0.331. The number of esters is 1. The number of ether oxygens (including phenoxy) is 2. The number of anilines is 1. The molecule has 0 aromatic heterocycles. The van der Waals surface area contributed by atoms with Crippen molar-refractivity contribution >= 4 is 27.6 Å². The van der Waals surface area contributed by atoms with Gasteiger partial charge in [-0.3, -0.25) is 0 Å². The number of hydrogen-bond acceptors (Lipinski definition) is 4. The highest BCUT2D eigenvalue weighted by atomic mass is 79.9. The third-order valence-corrected chi connectivity index (χ3v) is 3.80. The van der Waals surface area contributed by atoms with Gasteiger partial charge in [-0.25, -0.2) is 4.79 Å². The second kappa shape index (κ2) is 5.92. The molecule has 1 aromatic carbocycles. The number of carbonyl (C=O) groups is 1. The van der Waals surface area contributed by atoms with Gasteiger partial charge in [0.05, 0.1) is 24.9 Å². The van der Waals surface area contributed by atoms with Crippen LogP contribution >= 0.6 is 15.9 Å². The van der Waals surface area contributed by atoms with Crippen LogP contribution in [0.25, 0.3) is 0 Å². The van der Waals surface area contributed by atoms with Gasteiger partial charge in [0.2, 0.25) is 0 Å². The predicted molar refractivity (Wildman–Crippen MR) is 77.7 cm³/mol. The van der Waals surface area contributed by atoms with Crippen LogP contribution in [0.4, 0.5) is 5.69 Å². The number of carbonyl (C=O) groups excluding carboxylic acids is 1. The van der Waals surface area contributed by atoms with Crippen LogP contribution in [-0.4, -0.2) is 38.4 Å². The Morgan fingerprint density at radius 1 is 1.37 bits per heavy atom. The summed E-state index contributed by atoms with van der Waals surface area (Å²) in [6, 6.07) is 5.69. The Morgan fingerprint density at radius 2 is 2.00 bits per heavy atom. The molecule has 104 valence electrons. The average molecular weight is 328 g/mol. The molecule has 0 spiro atoms. The van der Waals surface area contributed by atoms with E-state index in [1.54, 1.807) is 6.07 Å².